The van der Waals surface area contributed by atoms with E-state index in [1.165, 1.54) is 6.42 Å². The Kier molecular flexibility index (Phi) is 3.03. The van der Waals surface area contributed by atoms with Gasteiger partial charge in [-0.2, -0.15) is 0 Å². The van der Waals surface area contributed by atoms with Gasteiger partial charge in [0.05, 0.1) is 12.1 Å². The molecule has 2 rings (SSSR count). The van der Waals surface area contributed by atoms with Crippen LogP contribution in [-0.2, 0) is 4.79 Å². The van der Waals surface area contributed by atoms with Gasteiger partial charge in [-0.1, -0.05) is 0 Å². The van der Waals surface area contributed by atoms with Crippen LogP contribution in [0.4, 0.5) is 0 Å². The summed E-state index contributed by atoms with van der Waals surface area (Å²) in [6.07, 6.45) is 3.73. The van der Waals surface area contributed by atoms with Gasteiger partial charge in [0.1, 0.15) is 0 Å². The second kappa shape index (κ2) is 4.28. The Balaban J connectivity index is 1.87. The summed E-state index contributed by atoms with van der Waals surface area (Å²) >= 11 is 0. The van der Waals surface area contributed by atoms with Crippen LogP contribution >= 0.6 is 0 Å². The third-order valence-corrected chi connectivity index (χ3v) is 3.07. The number of piperidine rings is 1. The minimum absolute atomic E-state index is 0.136. The molecule has 2 aliphatic rings. The summed E-state index contributed by atoms with van der Waals surface area (Å²) in [4.78, 5) is 13.8. The van der Waals surface area contributed by atoms with Crippen LogP contribution in [0.1, 0.15) is 25.7 Å². The summed E-state index contributed by atoms with van der Waals surface area (Å²) in [5.74, 6) is 0.182. The van der Waals surface area contributed by atoms with E-state index >= 15 is 0 Å². The Labute approximate surface area is 84.3 Å². The fourth-order valence-corrected chi connectivity index (χ4v) is 2.24. The molecule has 14 heavy (non-hydrogen) atoms. The van der Waals surface area contributed by atoms with E-state index in [0.29, 0.717) is 13.0 Å². The topological polar surface area (TPSA) is 52.6 Å². The van der Waals surface area contributed by atoms with Crippen molar-refractivity contribution in [2.75, 3.05) is 19.6 Å². The van der Waals surface area contributed by atoms with Crippen LogP contribution in [0, 0.1) is 0 Å². The summed E-state index contributed by atoms with van der Waals surface area (Å²) in [7, 11) is 0. The number of β-amino-alcohol motifs (C(OH)–C–C–N with tert-alkyl or cyclic N) is 1. The molecule has 4 nitrogen and oxygen atoms in total. The number of amides is 1. The van der Waals surface area contributed by atoms with E-state index in [2.05, 4.69) is 5.32 Å². The van der Waals surface area contributed by atoms with E-state index in [9.17, 15) is 9.90 Å². The number of hydrogen-bond donors (Lipinski definition) is 2. The molecule has 2 N–H and O–H groups in total. The van der Waals surface area contributed by atoms with E-state index < -0.39 is 0 Å². The number of aliphatic hydroxyl groups is 1. The van der Waals surface area contributed by atoms with Gasteiger partial charge in [0, 0.05) is 19.6 Å². The van der Waals surface area contributed by atoms with Crippen molar-refractivity contribution in [2.45, 2.75) is 37.8 Å². The Morgan fingerprint density at radius 1 is 1.29 bits per heavy atom. The number of carbonyl (C=O) groups is 1. The predicted molar refractivity (Wildman–Crippen MR) is 52.8 cm³/mol. The molecule has 2 atom stereocenters. The molecule has 2 saturated heterocycles. The molecule has 2 aliphatic heterocycles. The molecular weight excluding hydrogens is 180 g/mol. The molecule has 0 unspecified atom stereocenters. The van der Waals surface area contributed by atoms with Crippen LogP contribution in [0.5, 0.6) is 0 Å². The maximum Gasteiger partial charge on any atom is 0.239 e. The fraction of sp³-hybridized carbons (Fsp3) is 0.900. The van der Waals surface area contributed by atoms with Gasteiger partial charge in [0.25, 0.3) is 0 Å². The van der Waals surface area contributed by atoms with E-state index in [0.717, 1.165) is 25.9 Å². The Bertz CT molecular complexity index is 207. The normalized spacial score (nSPS) is 33.4. The first kappa shape index (κ1) is 9.93. The number of rotatable bonds is 1. The molecule has 0 aromatic heterocycles. The molecule has 1 amide bonds. The fourth-order valence-electron chi connectivity index (χ4n) is 2.24. The molecule has 0 aromatic carbocycles. The Morgan fingerprint density at radius 2 is 2.00 bits per heavy atom. The van der Waals surface area contributed by atoms with Gasteiger partial charge in [-0.25, -0.2) is 0 Å². The number of nitrogens with zero attached hydrogens (tertiary/aromatic N) is 1. The summed E-state index contributed by atoms with van der Waals surface area (Å²) in [5, 5.41) is 12.4. The quantitative estimate of drug-likeness (QED) is 0.609. The monoisotopic (exact) mass is 198 g/mol. The van der Waals surface area contributed by atoms with Crippen LogP contribution in [0.25, 0.3) is 0 Å². The number of aliphatic hydroxyl groups excluding tert-OH is 1. The van der Waals surface area contributed by atoms with Crippen LogP contribution in [0.15, 0.2) is 0 Å². The molecule has 80 valence electrons. The van der Waals surface area contributed by atoms with Crippen molar-refractivity contribution in [3.8, 4) is 0 Å². The SMILES string of the molecule is O=C([C@@H]1C[C@@H](O)CN1)N1CCCCC1. The molecule has 0 saturated carbocycles. The highest BCUT2D eigenvalue weighted by atomic mass is 16.3. The largest absolute Gasteiger partial charge is 0.392 e. The zero-order valence-corrected chi connectivity index (χ0v) is 8.41. The van der Waals surface area contributed by atoms with Gasteiger partial charge >= 0.3 is 0 Å². The van der Waals surface area contributed by atoms with E-state index in [-0.39, 0.29) is 18.1 Å². The Hall–Kier alpha value is -0.610. The van der Waals surface area contributed by atoms with Crippen molar-refractivity contribution >= 4 is 5.91 Å². The third kappa shape index (κ3) is 2.07. The van der Waals surface area contributed by atoms with Gasteiger partial charge in [-0.3, -0.25) is 4.79 Å². The van der Waals surface area contributed by atoms with Gasteiger partial charge in [-0.15, -0.1) is 0 Å². The summed E-state index contributed by atoms with van der Waals surface area (Å²) in [5.41, 5.74) is 0. The average molecular weight is 198 g/mol. The lowest BCUT2D eigenvalue weighted by molar-refractivity contribution is -0.134. The number of hydrogen-bond acceptors (Lipinski definition) is 3. The van der Waals surface area contributed by atoms with Gasteiger partial charge in [-0.05, 0) is 25.7 Å². The van der Waals surface area contributed by atoms with Crippen molar-refractivity contribution in [1.29, 1.82) is 0 Å². The average Bonchev–Trinajstić information content (AvgIpc) is 2.65. The molecule has 0 radical (unpaired) electrons. The third-order valence-electron chi connectivity index (χ3n) is 3.07. The summed E-state index contributed by atoms with van der Waals surface area (Å²) in [6, 6.07) is -0.136. The van der Waals surface area contributed by atoms with Crippen LogP contribution < -0.4 is 5.32 Å². The number of nitrogens with one attached hydrogen (secondary N) is 1. The van der Waals surface area contributed by atoms with Crippen molar-refractivity contribution < 1.29 is 9.90 Å². The molecule has 0 aliphatic carbocycles. The minimum Gasteiger partial charge on any atom is -0.392 e. The molecule has 0 spiro atoms. The zero-order valence-electron chi connectivity index (χ0n) is 8.41. The number of carbonyl (C=O) groups excluding carboxylic acids is 1. The highest BCUT2D eigenvalue weighted by molar-refractivity contribution is 5.82. The summed E-state index contributed by atoms with van der Waals surface area (Å²) in [6.45, 7) is 2.35. The zero-order chi connectivity index (χ0) is 9.97. The lowest BCUT2D eigenvalue weighted by Gasteiger charge is -2.29. The standard InChI is InChI=1S/C10H18N2O2/c13-8-6-9(11-7-8)10(14)12-4-2-1-3-5-12/h8-9,11,13H,1-7H2/t8-,9+/m1/s1. The van der Waals surface area contributed by atoms with Crippen LogP contribution in [0.2, 0.25) is 0 Å². The minimum atomic E-state index is -0.339. The predicted octanol–water partition coefficient (Wildman–Crippen LogP) is -0.278. The lowest BCUT2D eigenvalue weighted by Crippen LogP contribution is -2.45. The van der Waals surface area contributed by atoms with Gasteiger partial charge < -0.3 is 15.3 Å². The summed E-state index contributed by atoms with van der Waals surface area (Å²) < 4.78 is 0. The van der Waals surface area contributed by atoms with Crippen molar-refractivity contribution in [3.63, 3.8) is 0 Å². The van der Waals surface area contributed by atoms with Gasteiger partial charge in [0.15, 0.2) is 0 Å². The van der Waals surface area contributed by atoms with Crippen molar-refractivity contribution in [3.05, 3.63) is 0 Å². The van der Waals surface area contributed by atoms with Crippen molar-refractivity contribution in [1.82, 2.24) is 10.2 Å². The first-order chi connectivity index (χ1) is 6.77. The molecular formula is C10H18N2O2. The first-order valence-corrected chi connectivity index (χ1v) is 5.47. The molecule has 2 fully saturated rings. The van der Waals surface area contributed by atoms with E-state index in [1.807, 2.05) is 4.90 Å². The second-order valence-corrected chi connectivity index (χ2v) is 4.24. The Morgan fingerprint density at radius 3 is 2.57 bits per heavy atom. The smallest absolute Gasteiger partial charge is 0.239 e. The maximum absolute atomic E-state index is 11.9. The molecule has 2 heterocycles. The van der Waals surface area contributed by atoms with Crippen molar-refractivity contribution in [2.24, 2.45) is 0 Å². The molecule has 0 bridgehead atoms. The highest BCUT2D eigenvalue weighted by Crippen LogP contribution is 2.14. The van der Waals surface area contributed by atoms with Crippen LogP contribution in [-0.4, -0.2) is 47.7 Å². The number of likely N-dealkylation sites (tertiary alicyclic amines) is 1. The maximum atomic E-state index is 11.9. The second-order valence-electron chi connectivity index (χ2n) is 4.24. The van der Waals surface area contributed by atoms with E-state index in [1.54, 1.807) is 0 Å². The lowest BCUT2D eigenvalue weighted by atomic mass is 10.1. The van der Waals surface area contributed by atoms with Crippen LogP contribution in [0.3, 0.4) is 0 Å². The molecule has 4 heteroatoms. The van der Waals surface area contributed by atoms with E-state index in [4.69, 9.17) is 0 Å². The van der Waals surface area contributed by atoms with Gasteiger partial charge in [0.2, 0.25) is 5.91 Å². The highest BCUT2D eigenvalue weighted by Gasteiger charge is 2.31. The first-order valence-electron chi connectivity index (χ1n) is 5.47. The molecule has 0 aromatic rings.